The second kappa shape index (κ2) is 7.42. The molecule has 1 atom stereocenters. The molecule has 0 spiro atoms. The van der Waals surface area contributed by atoms with Crippen LogP contribution in [-0.4, -0.2) is 34.8 Å². The minimum atomic E-state index is -0.428. The van der Waals surface area contributed by atoms with E-state index in [4.69, 9.17) is 0 Å². The molecule has 1 aliphatic heterocycles. The number of nitrogens with one attached hydrogen (secondary N) is 1. The lowest BCUT2D eigenvalue weighted by atomic mass is 10.00. The summed E-state index contributed by atoms with van der Waals surface area (Å²) in [6.45, 7) is 3.54. The van der Waals surface area contributed by atoms with E-state index >= 15 is 0 Å². The number of benzene rings is 1. The van der Waals surface area contributed by atoms with Gasteiger partial charge in [-0.3, -0.25) is 14.6 Å². The summed E-state index contributed by atoms with van der Waals surface area (Å²) in [5.74, 6) is -0.527. The Balaban J connectivity index is 1.74. The monoisotopic (exact) mass is 341 g/mol. The zero-order valence-electron chi connectivity index (χ0n) is 14.0. The van der Waals surface area contributed by atoms with E-state index in [1.165, 1.54) is 36.5 Å². The van der Waals surface area contributed by atoms with E-state index in [1.807, 2.05) is 0 Å². The molecule has 1 aromatic carbocycles. The van der Waals surface area contributed by atoms with Gasteiger partial charge in [-0.2, -0.15) is 0 Å². The van der Waals surface area contributed by atoms with Crippen LogP contribution in [0.1, 0.15) is 40.6 Å². The zero-order chi connectivity index (χ0) is 17.8. The smallest absolute Gasteiger partial charge is 0.272 e. The maximum absolute atomic E-state index is 13.2. The molecule has 3 rings (SSSR count). The van der Waals surface area contributed by atoms with Gasteiger partial charge in [0.05, 0.1) is 0 Å². The molecule has 130 valence electrons. The summed E-state index contributed by atoms with van der Waals surface area (Å²) in [6.07, 6.45) is 3.54. The predicted molar refractivity (Wildman–Crippen MR) is 92.9 cm³/mol. The molecule has 0 bridgehead atoms. The van der Waals surface area contributed by atoms with Crippen molar-refractivity contribution in [2.75, 3.05) is 18.4 Å². The van der Waals surface area contributed by atoms with Crippen LogP contribution < -0.4 is 5.32 Å². The number of aromatic nitrogens is 1. The Morgan fingerprint density at radius 1 is 1.28 bits per heavy atom. The number of hydrogen-bond donors (Lipinski definition) is 1. The summed E-state index contributed by atoms with van der Waals surface area (Å²) in [6, 6.07) is 8.67. The summed E-state index contributed by atoms with van der Waals surface area (Å²) in [5.41, 5.74) is 0.924. The highest BCUT2D eigenvalue weighted by molar-refractivity contribution is 6.05. The lowest BCUT2D eigenvalue weighted by molar-refractivity contribution is 0.0677. The minimum absolute atomic E-state index is 0.160. The number of anilines is 1. The first-order valence-corrected chi connectivity index (χ1v) is 8.35. The van der Waals surface area contributed by atoms with Gasteiger partial charge >= 0.3 is 0 Å². The molecule has 2 heterocycles. The van der Waals surface area contributed by atoms with E-state index in [1.54, 1.807) is 11.0 Å². The molecule has 1 unspecified atom stereocenters. The molecule has 2 aromatic rings. The fourth-order valence-corrected chi connectivity index (χ4v) is 2.99. The van der Waals surface area contributed by atoms with Crippen molar-refractivity contribution in [1.82, 2.24) is 9.88 Å². The first-order valence-electron chi connectivity index (χ1n) is 8.35. The Bertz CT molecular complexity index is 794. The Hall–Kier alpha value is -2.76. The Morgan fingerprint density at radius 3 is 2.88 bits per heavy atom. The molecule has 1 fully saturated rings. The Labute approximate surface area is 145 Å². The molecule has 0 radical (unpaired) electrons. The summed E-state index contributed by atoms with van der Waals surface area (Å²) >= 11 is 0. The third kappa shape index (κ3) is 4.21. The quantitative estimate of drug-likeness (QED) is 0.931. The van der Waals surface area contributed by atoms with Crippen molar-refractivity contribution in [1.29, 1.82) is 0 Å². The number of pyridine rings is 1. The lowest BCUT2D eigenvalue weighted by Crippen LogP contribution is -2.39. The topological polar surface area (TPSA) is 62.3 Å². The van der Waals surface area contributed by atoms with Gasteiger partial charge in [-0.25, -0.2) is 4.39 Å². The number of rotatable bonds is 3. The molecule has 2 amide bonds. The van der Waals surface area contributed by atoms with Gasteiger partial charge in [-0.05, 0) is 49.1 Å². The van der Waals surface area contributed by atoms with E-state index in [0.717, 1.165) is 12.8 Å². The summed E-state index contributed by atoms with van der Waals surface area (Å²) < 4.78 is 13.2. The number of piperidine rings is 1. The van der Waals surface area contributed by atoms with Crippen LogP contribution in [0.15, 0.2) is 42.6 Å². The summed E-state index contributed by atoms with van der Waals surface area (Å²) in [4.78, 5) is 30.8. The van der Waals surface area contributed by atoms with Crippen LogP contribution in [0.25, 0.3) is 0 Å². The number of likely N-dealkylation sites (tertiary alicyclic amines) is 1. The fraction of sp³-hybridized carbons (Fsp3) is 0.316. The van der Waals surface area contributed by atoms with Gasteiger partial charge in [0.25, 0.3) is 11.8 Å². The predicted octanol–water partition coefficient (Wildman–Crippen LogP) is 3.35. The first-order chi connectivity index (χ1) is 12.0. The number of carbonyl (C=O) groups is 2. The van der Waals surface area contributed by atoms with Crippen LogP contribution in [0.5, 0.6) is 0 Å². The number of halogens is 1. The normalized spacial score (nSPS) is 17.2. The third-order valence-corrected chi connectivity index (χ3v) is 4.27. The van der Waals surface area contributed by atoms with Gasteiger partial charge in [-0.1, -0.05) is 13.0 Å². The van der Waals surface area contributed by atoms with E-state index in [9.17, 15) is 14.0 Å². The van der Waals surface area contributed by atoms with Gasteiger partial charge < -0.3 is 10.2 Å². The van der Waals surface area contributed by atoms with Crippen molar-refractivity contribution >= 4 is 17.5 Å². The maximum Gasteiger partial charge on any atom is 0.272 e. The summed E-state index contributed by atoms with van der Waals surface area (Å²) in [7, 11) is 0. The SMILES string of the molecule is CC1CCCN(C(=O)c2cc(C(=O)Nc3cccc(F)c3)ccn2)C1. The van der Waals surface area contributed by atoms with Gasteiger partial charge in [-0.15, -0.1) is 0 Å². The number of carbonyl (C=O) groups excluding carboxylic acids is 2. The van der Waals surface area contributed by atoms with Crippen LogP contribution in [-0.2, 0) is 0 Å². The van der Waals surface area contributed by atoms with Gasteiger partial charge in [0.15, 0.2) is 0 Å². The molecule has 6 heteroatoms. The third-order valence-electron chi connectivity index (χ3n) is 4.27. The molecule has 0 saturated carbocycles. The van der Waals surface area contributed by atoms with Crippen molar-refractivity contribution < 1.29 is 14.0 Å². The molecule has 0 aliphatic carbocycles. The van der Waals surface area contributed by atoms with Crippen molar-refractivity contribution in [3.05, 3.63) is 59.7 Å². The Morgan fingerprint density at radius 2 is 2.12 bits per heavy atom. The second-order valence-corrected chi connectivity index (χ2v) is 6.39. The largest absolute Gasteiger partial charge is 0.337 e. The molecule has 1 aromatic heterocycles. The standard InChI is InChI=1S/C19H20FN3O2/c1-13-4-3-9-23(12-13)19(25)17-10-14(7-8-21-17)18(24)22-16-6-2-5-15(20)11-16/h2,5-8,10-11,13H,3-4,9,12H2,1H3,(H,22,24). The lowest BCUT2D eigenvalue weighted by Gasteiger charge is -2.30. The first kappa shape index (κ1) is 17.1. The van der Waals surface area contributed by atoms with Crippen LogP contribution in [0.4, 0.5) is 10.1 Å². The zero-order valence-corrected chi connectivity index (χ0v) is 14.0. The van der Waals surface area contributed by atoms with Crippen molar-refractivity contribution in [3.8, 4) is 0 Å². The van der Waals surface area contributed by atoms with Gasteiger partial charge in [0.1, 0.15) is 11.5 Å². The van der Waals surface area contributed by atoms with E-state index < -0.39 is 11.7 Å². The molecular formula is C19H20FN3O2. The van der Waals surface area contributed by atoms with E-state index in [-0.39, 0.29) is 11.6 Å². The highest BCUT2D eigenvalue weighted by atomic mass is 19.1. The van der Waals surface area contributed by atoms with Crippen molar-refractivity contribution in [2.24, 2.45) is 5.92 Å². The van der Waals surface area contributed by atoms with Crippen LogP contribution >= 0.6 is 0 Å². The van der Waals surface area contributed by atoms with Crippen LogP contribution in [0, 0.1) is 11.7 Å². The molecule has 25 heavy (non-hydrogen) atoms. The van der Waals surface area contributed by atoms with Gasteiger partial charge in [0.2, 0.25) is 0 Å². The molecule has 1 N–H and O–H groups in total. The molecule has 5 nitrogen and oxygen atoms in total. The second-order valence-electron chi connectivity index (χ2n) is 6.39. The minimum Gasteiger partial charge on any atom is -0.337 e. The maximum atomic E-state index is 13.2. The molecule has 1 aliphatic rings. The number of amides is 2. The van der Waals surface area contributed by atoms with Crippen molar-refractivity contribution in [3.63, 3.8) is 0 Å². The van der Waals surface area contributed by atoms with Crippen molar-refractivity contribution in [2.45, 2.75) is 19.8 Å². The average Bonchev–Trinajstić information content (AvgIpc) is 2.61. The Kier molecular flexibility index (Phi) is 5.07. The van der Waals surface area contributed by atoms with Gasteiger partial charge in [0, 0.05) is 30.5 Å². The number of nitrogens with zero attached hydrogens (tertiary/aromatic N) is 2. The fourth-order valence-electron chi connectivity index (χ4n) is 2.99. The van der Waals surface area contributed by atoms with E-state index in [2.05, 4.69) is 17.2 Å². The highest BCUT2D eigenvalue weighted by Crippen LogP contribution is 2.18. The van der Waals surface area contributed by atoms with Crippen LogP contribution in [0.3, 0.4) is 0 Å². The highest BCUT2D eigenvalue weighted by Gasteiger charge is 2.23. The molecule has 1 saturated heterocycles. The van der Waals surface area contributed by atoms with E-state index in [0.29, 0.717) is 30.3 Å². The number of hydrogen-bond acceptors (Lipinski definition) is 3. The van der Waals surface area contributed by atoms with Crippen LogP contribution in [0.2, 0.25) is 0 Å². The average molecular weight is 341 g/mol. The molecular weight excluding hydrogens is 321 g/mol. The summed E-state index contributed by atoms with van der Waals surface area (Å²) in [5, 5.41) is 2.62.